The summed E-state index contributed by atoms with van der Waals surface area (Å²) >= 11 is 6.18. The largest absolute Gasteiger partial charge is 0.497 e. The Labute approximate surface area is 203 Å². The number of aromatic nitrogens is 1. The van der Waals surface area contributed by atoms with Gasteiger partial charge in [-0.05, 0) is 53.6 Å². The van der Waals surface area contributed by atoms with Gasteiger partial charge in [-0.2, -0.15) is 0 Å². The van der Waals surface area contributed by atoms with Gasteiger partial charge in [-0.3, -0.25) is 0 Å². The molecule has 2 amide bonds. The molecule has 0 bridgehead atoms. The number of urea groups is 1. The number of hydrogen-bond donors (Lipinski definition) is 1. The Hall–Kier alpha value is -3.90. The Bertz CT molecular complexity index is 1330. The first-order valence-electron chi connectivity index (χ1n) is 10.9. The molecule has 4 aromatic rings. The Kier molecular flexibility index (Phi) is 5.90. The van der Waals surface area contributed by atoms with Crippen molar-refractivity contribution in [2.75, 3.05) is 19.5 Å². The summed E-state index contributed by atoms with van der Waals surface area (Å²) in [4.78, 5) is 15.7. The maximum absolute atomic E-state index is 13.9. The summed E-state index contributed by atoms with van der Waals surface area (Å²) in [5.41, 5.74) is 4.58. The molecule has 172 valence electrons. The second-order valence-corrected chi connectivity index (χ2v) is 8.45. The molecule has 0 spiro atoms. The fraction of sp³-hybridized carbons (Fsp3) is 0.148. The lowest BCUT2D eigenvalue weighted by Crippen LogP contribution is -2.38. The van der Waals surface area contributed by atoms with Crippen molar-refractivity contribution in [3.05, 3.63) is 107 Å². The molecule has 0 saturated heterocycles. The lowest BCUT2D eigenvalue weighted by molar-refractivity contribution is 0.194. The van der Waals surface area contributed by atoms with Crippen molar-refractivity contribution in [1.29, 1.82) is 0 Å². The standard InChI is InChI=1S/C27H24ClN3O3/c1-33-21-13-14-25(34-2)22(16-21)29-27(32)31-17-19-6-3-4-7-23(19)30-15-5-8-24(30)26(31)18-9-11-20(28)12-10-18/h3-16,26H,17H2,1-2H3,(H,29,32). The first-order valence-corrected chi connectivity index (χ1v) is 11.3. The lowest BCUT2D eigenvalue weighted by atomic mass is 10.0. The number of amides is 2. The van der Waals surface area contributed by atoms with Crippen LogP contribution < -0.4 is 14.8 Å². The maximum Gasteiger partial charge on any atom is 0.323 e. The van der Waals surface area contributed by atoms with Crippen molar-refractivity contribution < 1.29 is 14.3 Å². The molecule has 1 N–H and O–H groups in total. The van der Waals surface area contributed by atoms with Gasteiger partial charge in [0.2, 0.25) is 0 Å². The number of anilines is 1. The van der Waals surface area contributed by atoms with Crippen LogP contribution >= 0.6 is 11.6 Å². The van der Waals surface area contributed by atoms with E-state index in [9.17, 15) is 4.79 Å². The van der Waals surface area contributed by atoms with E-state index in [2.05, 4.69) is 22.0 Å². The summed E-state index contributed by atoms with van der Waals surface area (Å²) in [7, 11) is 3.16. The highest BCUT2D eigenvalue weighted by atomic mass is 35.5. The van der Waals surface area contributed by atoms with Crippen molar-refractivity contribution >= 4 is 23.3 Å². The topological polar surface area (TPSA) is 55.7 Å². The number of nitrogens with zero attached hydrogens (tertiary/aromatic N) is 2. The van der Waals surface area contributed by atoms with Crippen LogP contribution in [0.5, 0.6) is 11.5 Å². The van der Waals surface area contributed by atoms with Gasteiger partial charge in [0.15, 0.2) is 0 Å². The van der Waals surface area contributed by atoms with Crippen molar-refractivity contribution in [2.24, 2.45) is 0 Å². The Morgan fingerprint density at radius 3 is 2.53 bits per heavy atom. The number of hydrogen-bond acceptors (Lipinski definition) is 3. The van der Waals surface area contributed by atoms with Gasteiger partial charge in [0.25, 0.3) is 0 Å². The Balaban J connectivity index is 1.62. The minimum absolute atomic E-state index is 0.254. The molecule has 1 aliphatic heterocycles. The van der Waals surface area contributed by atoms with Gasteiger partial charge in [0.1, 0.15) is 11.5 Å². The third-order valence-electron chi connectivity index (χ3n) is 6.06. The summed E-state index contributed by atoms with van der Waals surface area (Å²) in [6, 6.07) is 24.5. The molecular weight excluding hydrogens is 450 g/mol. The zero-order valence-corrected chi connectivity index (χ0v) is 19.6. The first-order chi connectivity index (χ1) is 16.6. The molecule has 5 rings (SSSR count). The van der Waals surface area contributed by atoms with Crippen LogP contribution in [0.2, 0.25) is 5.02 Å². The summed E-state index contributed by atoms with van der Waals surface area (Å²) < 4.78 is 13.0. The van der Waals surface area contributed by atoms with Crippen LogP contribution in [0.25, 0.3) is 5.69 Å². The third kappa shape index (κ3) is 3.97. The van der Waals surface area contributed by atoms with E-state index < -0.39 is 0 Å². The molecule has 34 heavy (non-hydrogen) atoms. The smallest absolute Gasteiger partial charge is 0.323 e. The van der Waals surface area contributed by atoms with E-state index in [-0.39, 0.29) is 12.1 Å². The van der Waals surface area contributed by atoms with Crippen LogP contribution in [-0.2, 0) is 6.54 Å². The molecular formula is C27H24ClN3O3. The normalized spacial score (nSPS) is 14.6. The van der Waals surface area contributed by atoms with Crippen molar-refractivity contribution in [3.8, 4) is 17.2 Å². The van der Waals surface area contributed by atoms with E-state index >= 15 is 0 Å². The average Bonchev–Trinajstić information content (AvgIpc) is 3.29. The lowest BCUT2D eigenvalue weighted by Gasteiger charge is -2.31. The number of ether oxygens (including phenoxy) is 2. The maximum atomic E-state index is 13.9. The number of carbonyl (C=O) groups excluding carboxylic acids is 1. The fourth-order valence-corrected chi connectivity index (χ4v) is 4.56. The van der Waals surface area contributed by atoms with Gasteiger partial charge in [0, 0.05) is 23.0 Å². The zero-order chi connectivity index (χ0) is 23.7. The van der Waals surface area contributed by atoms with Crippen LogP contribution in [0.4, 0.5) is 10.5 Å². The van der Waals surface area contributed by atoms with E-state index in [0.717, 1.165) is 22.5 Å². The minimum atomic E-state index is -0.337. The molecule has 0 saturated carbocycles. The molecule has 7 heteroatoms. The second-order valence-electron chi connectivity index (χ2n) is 8.01. The van der Waals surface area contributed by atoms with Crippen LogP contribution in [0.3, 0.4) is 0 Å². The molecule has 1 atom stereocenters. The van der Waals surface area contributed by atoms with Crippen molar-refractivity contribution in [3.63, 3.8) is 0 Å². The third-order valence-corrected chi connectivity index (χ3v) is 6.31. The number of carbonyl (C=O) groups is 1. The predicted octanol–water partition coefficient (Wildman–Crippen LogP) is 6.29. The van der Waals surface area contributed by atoms with Crippen molar-refractivity contribution in [1.82, 2.24) is 9.47 Å². The molecule has 1 unspecified atom stereocenters. The highest BCUT2D eigenvalue weighted by molar-refractivity contribution is 6.30. The molecule has 0 fully saturated rings. The molecule has 0 radical (unpaired) electrons. The minimum Gasteiger partial charge on any atom is -0.497 e. The first kappa shape index (κ1) is 21.9. The Morgan fingerprint density at radius 2 is 1.76 bits per heavy atom. The zero-order valence-electron chi connectivity index (χ0n) is 18.9. The fourth-order valence-electron chi connectivity index (χ4n) is 4.43. The molecule has 3 aromatic carbocycles. The van der Waals surface area contributed by atoms with Crippen LogP contribution in [0, 0.1) is 0 Å². The average molecular weight is 474 g/mol. The number of benzene rings is 3. The number of nitrogens with one attached hydrogen (secondary N) is 1. The van der Waals surface area contributed by atoms with E-state index in [1.165, 1.54) is 0 Å². The van der Waals surface area contributed by atoms with Gasteiger partial charge < -0.3 is 24.3 Å². The highest BCUT2D eigenvalue weighted by Gasteiger charge is 2.33. The summed E-state index contributed by atoms with van der Waals surface area (Å²) in [6.45, 7) is 0.420. The predicted molar refractivity (Wildman–Crippen MR) is 133 cm³/mol. The molecule has 6 nitrogen and oxygen atoms in total. The van der Waals surface area contributed by atoms with E-state index in [1.807, 2.05) is 59.6 Å². The summed E-state index contributed by atoms with van der Waals surface area (Å²) in [5.74, 6) is 1.18. The van der Waals surface area contributed by atoms with Gasteiger partial charge in [-0.15, -0.1) is 0 Å². The van der Waals surface area contributed by atoms with Crippen LogP contribution in [-0.4, -0.2) is 29.7 Å². The number of para-hydroxylation sites is 1. The second kappa shape index (κ2) is 9.15. The number of fused-ring (bicyclic) bond motifs is 3. The molecule has 1 aliphatic rings. The Morgan fingerprint density at radius 1 is 0.971 bits per heavy atom. The van der Waals surface area contributed by atoms with E-state index in [1.54, 1.807) is 32.4 Å². The molecule has 0 aliphatic carbocycles. The molecule has 1 aromatic heterocycles. The van der Waals surface area contributed by atoms with E-state index in [0.29, 0.717) is 28.8 Å². The SMILES string of the molecule is COc1ccc(OC)c(NC(=O)N2Cc3ccccc3-n3cccc3C2c2ccc(Cl)cc2)c1. The van der Waals surface area contributed by atoms with Crippen LogP contribution in [0.15, 0.2) is 85.1 Å². The van der Waals surface area contributed by atoms with E-state index in [4.69, 9.17) is 21.1 Å². The van der Waals surface area contributed by atoms with Crippen LogP contribution in [0.1, 0.15) is 22.9 Å². The number of methoxy groups -OCH3 is 2. The summed E-state index contributed by atoms with van der Waals surface area (Å²) in [5, 5.41) is 3.69. The quantitative estimate of drug-likeness (QED) is 0.379. The highest BCUT2D eigenvalue weighted by Crippen LogP contribution is 2.38. The van der Waals surface area contributed by atoms with Gasteiger partial charge >= 0.3 is 6.03 Å². The monoisotopic (exact) mass is 473 g/mol. The van der Waals surface area contributed by atoms with Crippen molar-refractivity contribution in [2.45, 2.75) is 12.6 Å². The van der Waals surface area contributed by atoms with Gasteiger partial charge in [-0.25, -0.2) is 4.79 Å². The molecule has 2 heterocycles. The van der Waals surface area contributed by atoms with Gasteiger partial charge in [-0.1, -0.05) is 41.9 Å². The summed E-state index contributed by atoms with van der Waals surface area (Å²) in [6.07, 6.45) is 2.03. The van der Waals surface area contributed by atoms with Gasteiger partial charge in [0.05, 0.1) is 38.2 Å². The number of halogens is 1. The number of rotatable bonds is 4.